The lowest BCUT2D eigenvalue weighted by Crippen LogP contribution is -2.57. The van der Waals surface area contributed by atoms with Gasteiger partial charge in [0, 0.05) is 19.5 Å². The van der Waals surface area contributed by atoms with Crippen molar-refractivity contribution in [3.63, 3.8) is 0 Å². The number of carbonyl (C=O) groups is 1. The lowest BCUT2D eigenvalue weighted by atomic mass is 9.88. The highest BCUT2D eigenvalue weighted by molar-refractivity contribution is 5.77. The Kier molecular flexibility index (Phi) is 3.93. The monoisotopic (exact) mass is 198 g/mol. The Bertz CT molecular complexity index is 191. The minimum absolute atomic E-state index is 0.0719. The summed E-state index contributed by atoms with van der Waals surface area (Å²) in [4.78, 5) is 13.8. The summed E-state index contributed by atoms with van der Waals surface area (Å²) in [5.74, 6) is 0.297. The third kappa shape index (κ3) is 1.92. The van der Waals surface area contributed by atoms with Crippen LogP contribution in [0.3, 0.4) is 0 Å². The Morgan fingerprint density at radius 2 is 2.00 bits per heavy atom. The number of piperidine rings is 1. The molecule has 0 aliphatic carbocycles. The normalized spacial score (nSPS) is 18.8. The molecular formula is C11H22N2O. The predicted octanol–water partition coefficient (Wildman–Crippen LogP) is 1.52. The van der Waals surface area contributed by atoms with E-state index in [4.69, 9.17) is 5.73 Å². The Balaban J connectivity index is 2.79. The molecule has 0 unspecified atom stereocenters. The lowest BCUT2D eigenvalue weighted by Gasteiger charge is -2.44. The maximum Gasteiger partial charge on any atom is 0.223 e. The number of amides is 1. The Morgan fingerprint density at radius 1 is 1.36 bits per heavy atom. The van der Waals surface area contributed by atoms with Crippen molar-refractivity contribution in [1.29, 1.82) is 0 Å². The van der Waals surface area contributed by atoms with Crippen molar-refractivity contribution in [2.24, 2.45) is 5.73 Å². The van der Waals surface area contributed by atoms with Crippen molar-refractivity contribution in [1.82, 2.24) is 4.90 Å². The van der Waals surface area contributed by atoms with E-state index in [1.165, 1.54) is 0 Å². The van der Waals surface area contributed by atoms with E-state index in [0.717, 1.165) is 32.2 Å². The third-order valence-electron chi connectivity index (χ3n) is 3.59. The second kappa shape index (κ2) is 4.78. The van der Waals surface area contributed by atoms with Crippen molar-refractivity contribution in [2.45, 2.75) is 51.5 Å². The second-order valence-electron chi connectivity index (χ2n) is 4.14. The first kappa shape index (κ1) is 11.5. The second-order valence-corrected chi connectivity index (χ2v) is 4.14. The number of carbonyl (C=O) groups excluding carboxylic acids is 1. The van der Waals surface area contributed by atoms with Crippen LogP contribution in [0.4, 0.5) is 0 Å². The Labute approximate surface area is 86.6 Å². The fourth-order valence-electron chi connectivity index (χ4n) is 2.34. The minimum atomic E-state index is -0.0719. The molecule has 0 aromatic heterocycles. The summed E-state index contributed by atoms with van der Waals surface area (Å²) in [6, 6.07) is 0. The fraction of sp³-hybridized carbons (Fsp3) is 0.909. The zero-order valence-electron chi connectivity index (χ0n) is 9.38. The van der Waals surface area contributed by atoms with Gasteiger partial charge in [-0.25, -0.2) is 0 Å². The van der Waals surface area contributed by atoms with E-state index in [-0.39, 0.29) is 5.54 Å². The van der Waals surface area contributed by atoms with E-state index >= 15 is 0 Å². The van der Waals surface area contributed by atoms with Crippen LogP contribution < -0.4 is 5.73 Å². The molecule has 14 heavy (non-hydrogen) atoms. The van der Waals surface area contributed by atoms with Gasteiger partial charge in [0.1, 0.15) is 0 Å². The van der Waals surface area contributed by atoms with Crippen LogP contribution in [-0.2, 0) is 4.79 Å². The molecule has 1 aliphatic heterocycles. The third-order valence-corrected chi connectivity index (χ3v) is 3.59. The van der Waals surface area contributed by atoms with Crippen LogP contribution in [0, 0.1) is 0 Å². The van der Waals surface area contributed by atoms with Crippen molar-refractivity contribution in [2.75, 3.05) is 13.1 Å². The molecule has 82 valence electrons. The standard InChI is InChI=1S/C11H22N2O/c1-3-11(4-2,9-12)13-8-6-5-7-10(13)14/h3-9,12H2,1-2H3. The van der Waals surface area contributed by atoms with Crippen LogP contribution in [-0.4, -0.2) is 29.4 Å². The molecule has 0 aromatic carbocycles. The van der Waals surface area contributed by atoms with Crippen LogP contribution >= 0.6 is 0 Å². The zero-order chi connectivity index (χ0) is 10.6. The number of nitrogens with two attached hydrogens (primary N) is 1. The molecule has 1 rings (SSSR count). The van der Waals surface area contributed by atoms with Crippen molar-refractivity contribution >= 4 is 5.91 Å². The molecule has 3 nitrogen and oxygen atoms in total. The molecule has 0 spiro atoms. The smallest absolute Gasteiger partial charge is 0.223 e. The van der Waals surface area contributed by atoms with Gasteiger partial charge in [0.15, 0.2) is 0 Å². The van der Waals surface area contributed by atoms with Gasteiger partial charge in [-0.15, -0.1) is 0 Å². The average Bonchev–Trinajstić information content (AvgIpc) is 2.24. The molecule has 0 bridgehead atoms. The summed E-state index contributed by atoms with van der Waals surface area (Å²) in [7, 11) is 0. The molecule has 1 saturated heterocycles. The molecule has 0 aromatic rings. The van der Waals surface area contributed by atoms with Crippen LogP contribution in [0.15, 0.2) is 0 Å². The predicted molar refractivity (Wildman–Crippen MR) is 57.9 cm³/mol. The summed E-state index contributed by atoms with van der Waals surface area (Å²) < 4.78 is 0. The first-order valence-electron chi connectivity index (χ1n) is 5.70. The highest BCUT2D eigenvalue weighted by Gasteiger charge is 2.36. The zero-order valence-corrected chi connectivity index (χ0v) is 9.38. The van der Waals surface area contributed by atoms with Crippen molar-refractivity contribution < 1.29 is 4.79 Å². The first-order valence-corrected chi connectivity index (χ1v) is 5.70. The van der Waals surface area contributed by atoms with E-state index in [0.29, 0.717) is 18.9 Å². The quantitative estimate of drug-likeness (QED) is 0.744. The minimum Gasteiger partial charge on any atom is -0.336 e. The maximum atomic E-state index is 11.8. The molecular weight excluding hydrogens is 176 g/mol. The Morgan fingerprint density at radius 3 is 2.43 bits per heavy atom. The topological polar surface area (TPSA) is 46.3 Å². The summed E-state index contributed by atoms with van der Waals surface area (Å²) in [6.07, 6.45) is 4.82. The van der Waals surface area contributed by atoms with E-state index in [9.17, 15) is 4.79 Å². The first-order chi connectivity index (χ1) is 6.70. The maximum absolute atomic E-state index is 11.8. The summed E-state index contributed by atoms with van der Waals surface area (Å²) in [5, 5.41) is 0. The van der Waals surface area contributed by atoms with Crippen LogP contribution in [0.25, 0.3) is 0 Å². The van der Waals surface area contributed by atoms with Gasteiger partial charge in [0.05, 0.1) is 5.54 Å². The molecule has 1 heterocycles. The molecule has 0 saturated carbocycles. The summed E-state index contributed by atoms with van der Waals surface area (Å²) in [6.45, 7) is 5.74. The van der Waals surface area contributed by atoms with E-state index in [1.54, 1.807) is 0 Å². The van der Waals surface area contributed by atoms with Gasteiger partial charge in [0.25, 0.3) is 0 Å². The Hall–Kier alpha value is -0.570. The largest absolute Gasteiger partial charge is 0.336 e. The molecule has 0 radical (unpaired) electrons. The number of rotatable bonds is 4. The van der Waals surface area contributed by atoms with Gasteiger partial charge in [-0.05, 0) is 25.7 Å². The molecule has 3 heteroatoms. The number of nitrogens with zero attached hydrogens (tertiary/aromatic N) is 1. The van der Waals surface area contributed by atoms with E-state index in [2.05, 4.69) is 13.8 Å². The number of hydrogen-bond acceptors (Lipinski definition) is 2. The SMILES string of the molecule is CCC(CC)(CN)N1CCCCC1=O. The molecule has 1 amide bonds. The van der Waals surface area contributed by atoms with Gasteiger partial charge in [0.2, 0.25) is 5.91 Å². The molecule has 0 atom stereocenters. The van der Waals surface area contributed by atoms with Crippen LogP contribution in [0.2, 0.25) is 0 Å². The highest BCUT2D eigenvalue weighted by atomic mass is 16.2. The van der Waals surface area contributed by atoms with E-state index < -0.39 is 0 Å². The highest BCUT2D eigenvalue weighted by Crippen LogP contribution is 2.27. The van der Waals surface area contributed by atoms with Crippen LogP contribution in [0.5, 0.6) is 0 Å². The van der Waals surface area contributed by atoms with E-state index in [1.807, 2.05) is 4.90 Å². The number of likely N-dealkylation sites (tertiary alicyclic amines) is 1. The number of hydrogen-bond donors (Lipinski definition) is 1. The molecule has 1 fully saturated rings. The van der Waals surface area contributed by atoms with Crippen molar-refractivity contribution in [3.05, 3.63) is 0 Å². The van der Waals surface area contributed by atoms with Gasteiger partial charge in [-0.2, -0.15) is 0 Å². The summed E-state index contributed by atoms with van der Waals surface area (Å²) in [5.41, 5.74) is 5.76. The summed E-state index contributed by atoms with van der Waals surface area (Å²) >= 11 is 0. The van der Waals surface area contributed by atoms with Gasteiger partial charge in [-0.3, -0.25) is 4.79 Å². The van der Waals surface area contributed by atoms with Crippen molar-refractivity contribution in [3.8, 4) is 0 Å². The lowest BCUT2D eigenvalue weighted by molar-refractivity contribution is -0.140. The van der Waals surface area contributed by atoms with Gasteiger partial charge < -0.3 is 10.6 Å². The van der Waals surface area contributed by atoms with Crippen LogP contribution in [0.1, 0.15) is 46.0 Å². The van der Waals surface area contributed by atoms with Gasteiger partial charge >= 0.3 is 0 Å². The molecule has 1 aliphatic rings. The molecule has 2 N–H and O–H groups in total. The average molecular weight is 198 g/mol. The fourth-order valence-corrected chi connectivity index (χ4v) is 2.34. The van der Waals surface area contributed by atoms with Gasteiger partial charge in [-0.1, -0.05) is 13.8 Å².